The Kier molecular flexibility index (Phi) is 10.8. The molecule has 0 aliphatic carbocycles. The third kappa shape index (κ3) is 8.36. The van der Waals surface area contributed by atoms with Crippen LogP contribution in [0.5, 0.6) is 0 Å². The Bertz CT molecular complexity index is 591. The molecule has 0 fully saturated rings. The van der Waals surface area contributed by atoms with E-state index in [4.69, 9.17) is 5.73 Å². The van der Waals surface area contributed by atoms with Gasteiger partial charge in [0.1, 0.15) is 18.1 Å². The third-order valence-electron chi connectivity index (χ3n) is 4.56. The number of rotatable bonds is 11. The first-order valence-corrected chi connectivity index (χ1v) is 9.78. The molecule has 168 valence electrons. The Morgan fingerprint density at radius 1 is 0.655 bits per heavy atom. The molecule has 0 saturated carbocycles. The highest BCUT2D eigenvalue weighted by molar-refractivity contribution is 5.94. The van der Waals surface area contributed by atoms with Crippen molar-refractivity contribution in [3.8, 4) is 0 Å². The summed E-state index contributed by atoms with van der Waals surface area (Å²) in [6.07, 6.45) is -1.29. The van der Waals surface area contributed by atoms with Gasteiger partial charge in [-0.2, -0.15) is 0 Å². The Morgan fingerprint density at radius 3 is 1.38 bits per heavy atom. The largest absolute Gasteiger partial charge is 0.480 e. The molecule has 0 aromatic heterocycles. The summed E-state index contributed by atoms with van der Waals surface area (Å²) in [7, 11) is 0. The first-order valence-electron chi connectivity index (χ1n) is 9.78. The summed E-state index contributed by atoms with van der Waals surface area (Å²) in [5.41, 5.74) is 5.81. The SMILES string of the molecule is CC(C)C(N)C(=O)NC(C(=O)NC(C(=O)NC(C(=O)O)C(C)C)C(C)O)C(C)C. The Labute approximate surface area is 172 Å². The molecule has 0 radical (unpaired) electrons. The van der Waals surface area contributed by atoms with Crippen molar-refractivity contribution in [1.29, 1.82) is 0 Å². The molecule has 0 rings (SSSR count). The number of carbonyl (C=O) groups excluding carboxylic acids is 3. The van der Waals surface area contributed by atoms with Crippen molar-refractivity contribution in [2.45, 2.75) is 78.7 Å². The summed E-state index contributed by atoms with van der Waals surface area (Å²) in [5, 5.41) is 26.5. The van der Waals surface area contributed by atoms with E-state index in [1.165, 1.54) is 6.92 Å². The zero-order valence-electron chi connectivity index (χ0n) is 18.2. The summed E-state index contributed by atoms with van der Waals surface area (Å²) < 4.78 is 0. The topological polar surface area (TPSA) is 171 Å². The van der Waals surface area contributed by atoms with E-state index < -0.39 is 59.9 Å². The summed E-state index contributed by atoms with van der Waals surface area (Å²) in [4.78, 5) is 48.8. The van der Waals surface area contributed by atoms with E-state index in [1.54, 1.807) is 41.5 Å². The lowest BCUT2D eigenvalue weighted by Crippen LogP contribution is -2.61. The lowest BCUT2D eigenvalue weighted by molar-refractivity contribution is -0.144. The first-order chi connectivity index (χ1) is 13.2. The fourth-order valence-corrected chi connectivity index (χ4v) is 2.49. The number of nitrogens with one attached hydrogen (secondary N) is 3. The maximum absolute atomic E-state index is 12.7. The van der Waals surface area contributed by atoms with E-state index in [0.717, 1.165) is 0 Å². The molecule has 0 spiro atoms. The normalized spacial score (nSPS) is 16.7. The van der Waals surface area contributed by atoms with Crippen LogP contribution in [-0.2, 0) is 19.2 Å². The molecule has 0 aliphatic rings. The molecule has 0 heterocycles. The van der Waals surface area contributed by atoms with Crippen molar-refractivity contribution >= 4 is 23.7 Å². The fourth-order valence-electron chi connectivity index (χ4n) is 2.49. The maximum atomic E-state index is 12.7. The molecule has 3 amide bonds. The number of aliphatic carboxylic acids is 1. The first kappa shape index (κ1) is 26.8. The van der Waals surface area contributed by atoms with Crippen molar-refractivity contribution in [3.63, 3.8) is 0 Å². The minimum Gasteiger partial charge on any atom is -0.480 e. The minimum absolute atomic E-state index is 0.133. The van der Waals surface area contributed by atoms with E-state index >= 15 is 0 Å². The zero-order valence-corrected chi connectivity index (χ0v) is 18.2. The summed E-state index contributed by atoms with van der Waals surface area (Å²) in [6.45, 7) is 11.5. The van der Waals surface area contributed by atoms with Gasteiger partial charge in [0.15, 0.2) is 0 Å². The van der Waals surface area contributed by atoms with Crippen LogP contribution in [-0.4, -0.2) is 64.2 Å². The number of aliphatic hydroxyl groups excluding tert-OH is 1. The van der Waals surface area contributed by atoms with Crippen LogP contribution in [0.15, 0.2) is 0 Å². The predicted molar refractivity (Wildman–Crippen MR) is 108 cm³/mol. The van der Waals surface area contributed by atoms with Crippen LogP contribution in [0.3, 0.4) is 0 Å². The average molecular weight is 417 g/mol. The number of carbonyl (C=O) groups is 4. The molecule has 0 aromatic rings. The van der Waals surface area contributed by atoms with Gasteiger partial charge in [-0.1, -0.05) is 41.5 Å². The van der Waals surface area contributed by atoms with Crippen molar-refractivity contribution in [1.82, 2.24) is 16.0 Å². The molecule has 29 heavy (non-hydrogen) atoms. The molecule has 7 N–H and O–H groups in total. The van der Waals surface area contributed by atoms with Crippen LogP contribution in [0.2, 0.25) is 0 Å². The summed E-state index contributed by atoms with van der Waals surface area (Å²) in [5.74, 6) is -4.09. The highest BCUT2D eigenvalue weighted by atomic mass is 16.4. The van der Waals surface area contributed by atoms with Crippen LogP contribution in [0, 0.1) is 17.8 Å². The molecular formula is C19H36N4O6. The zero-order chi connectivity index (χ0) is 23.0. The number of hydrogen-bond donors (Lipinski definition) is 6. The lowest BCUT2D eigenvalue weighted by Gasteiger charge is -2.29. The second-order valence-electron chi connectivity index (χ2n) is 8.30. The van der Waals surface area contributed by atoms with Crippen molar-refractivity contribution < 1.29 is 29.4 Å². The van der Waals surface area contributed by atoms with Gasteiger partial charge >= 0.3 is 5.97 Å². The smallest absolute Gasteiger partial charge is 0.326 e. The molecule has 10 nitrogen and oxygen atoms in total. The van der Waals surface area contributed by atoms with Gasteiger partial charge in [-0.05, 0) is 24.7 Å². The molecule has 5 unspecified atom stereocenters. The Morgan fingerprint density at radius 2 is 1.03 bits per heavy atom. The predicted octanol–water partition coefficient (Wildman–Crippen LogP) is -0.798. The van der Waals surface area contributed by atoms with Crippen LogP contribution in [0.1, 0.15) is 48.5 Å². The lowest BCUT2D eigenvalue weighted by atomic mass is 9.99. The van der Waals surface area contributed by atoms with Crippen molar-refractivity contribution in [3.05, 3.63) is 0 Å². The molecule has 0 saturated heterocycles. The van der Waals surface area contributed by atoms with Gasteiger partial charge < -0.3 is 31.9 Å². The number of carboxylic acids is 1. The molecule has 0 bridgehead atoms. The molecule has 0 aromatic carbocycles. The molecule has 10 heteroatoms. The number of carboxylic acid groups (broad SMARTS) is 1. The minimum atomic E-state index is -1.39. The average Bonchev–Trinajstić information content (AvgIpc) is 2.59. The number of hydrogen-bond acceptors (Lipinski definition) is 6. The van der Waals surface area contributed by atoms with Crippen LogP contribution >= 0.6 is 0 Å². The number of nitrogens with two attached hydrogens (primary N) is 1. The highest BCUT2D eigenvalue weighted by Crippen LogP contribution is 2.07. The van der Waals surface area contributed by atoms with Crippen molar-refractivity contribution in [2.75, 3.05) is 0 Å². The maximum Gasteiger partial charge on any atom is 0.326 e. The van der Waals surface area contributed by atoms with Gasteiger partial charge in [0.05, 0.1) is 12.1 Å². The van der Waals surface area contributed by atoms with E-state index in [-0.39, 0.29) is 11.8 Å². The number of amides is 3. The van der Waals surface area contributed by atoms with Gasteiger partial charge in [0.25, 0.3) is 0 Å². The van der Waals surface area contributed by atoms with Gasteiger partial charge in [0, 0.05) is 0 Å². The van der Waals surface area contributed by atoms with Gasteiger partial charge in [-0.15, -0.1) is 0 Å². The number of aliphatic hydroxyl groups is 1. The van der Waals surface area contributed by atoms with Crippen molar-refractivity contribution in [2.24, 2.45) is 23.5 Å². The van der Waals surface area contributed by atoms with Crippen LogP contribution < -0.4 is 21.7 Å². The van der Waals surface area contributed by atoms with Gasteiger partial charge in [-0.25, -0.2) is 4.79 Å². The Balaban J connectivity index is 5.37. The van der Waals surface area contributed by atoms with E-state index in [1.807, 2.05) is 0 Å². The molecule has 5 atom stereocenters. The standard InChI is InChI=1S/C19H36N4O6/c1-8(2)12(20)16(25)21-13(9(3)4)17(26)23-15(11(7)24)18(27)22-14(10(5)6)19(28)29/h8-15,24H,20H2,1-7H3,(H,21,25)(H,22,27)(H,23,26)(H,28,29). The monoisotopic (exact) mass is 416 g/mol. The van der Waals surface area contributed by atoms with Gasteiger partial charge in [-0.3, -0.25) is 14.4 Å². The van der Waals surface area contributed by atoms with Gasteiger partial charge in [0.2, 0.25) is 17.7 Å². The highest BCUT2D eigenvalue weighted by Gasteiger charge is 2.34. The summed E-state index contributed by atoms with van der Waals surface area (Å²) >= 11 is 0. The molecular weight excluding hydrogens is 380 g/mol. The molecule has 0 aliphatic heterocycles. The fraction of sp³-hybridized carbons (Fsp3) is 0.789. The summed E-state index contributed by atoms with van der Waals surface area (Å²) in [6, 6.07) is -4.35. The third-order valence-corrected chi connectivity index (χ3v) is 4.56. The van der Waals surface area contributed by atoms with Crippen LogP contribution in [0.4, 0.5) is 0 Å². The Hall–Kier alpha value is -2.20. The van der Waals surface area contributed by atoms with E-state index in [2.05, 4.69) is 16.0 Å². The quantitative estimate of drug-likeness (QED) is 0.256. The second-order valence-corrected chi connectivity index (χ2v) is 8.30. The second kappa shape index (κ2) is 11.7. The van der Waals surface area contributed by atoms with E-state index in [9.17, 15) is 29.4 Å². The van der Waals surface area contributed by atoms with Crippen LogP contribution in [0.25, 0.3) is 0 Å². The van der Waals surface area contributed by atoms with E-state index in [0.29, 0.717) is 0 Å².